The molecule has 9 nitrogen and oxygen atoms in total. The smallest absolute Gasteiger partial charge is 0.276 e. The molecule has 2 heterocycles. The summed E-state index contributed by atoms with van der Waals surface area (Å²) in [5, 5.41) is 10.4. The first kappa shape index (κ1) is 23.8. The van der Waals surface area contributed by atoms with Crippen LogP contribution in [-0.4, -0.2) is 57.6 Å². The normalized spacial score (nSPS) is 20.2. The zero-order valence-electron chi connectivity index (χ0n) is 20.1. The predicted molar refractivity (Wildman–Crippen MR) is 128 cm³/mol. The maximum atomic E-state index is 13.5. The van der Waals surface area contributed by atoms with Gasteiger partial charge < -0.3 is 20.3 Å². The van der Waals surface area contributed by atoms with Gasteiger partial charge in [-0.25, -0.2) is 0 Å². The number of anilines is 1. The monoisotopic (exact) mass is 467 g/mol. The number of ether oxygens (including phenoxy) is 1. The second-order valence-electron chi connectivity index (χ2n) is 9.30. The average molecular weight is 468 g/mol. The second kappa shape index (κ2) is 9.87. The van der Waals surface area contributed by atoms with Gasteiger partial charge in [0.1, 0.15) is 17.0 Å². The third-order valence-corrected chi connectivity index (χ3v) is 6.77. The van der Waals surface area contributed by atoms with E-state index in [1.165, 1.54) is 10.7 Å². The van der Waals surface area contributed by atoms with Crippen molar-refractivity contribution in [1.82, 2.24) is 20.0 Å². The largest absolute Gasteiger partial charge is 0.497 e. The number of amides is 3. The Morgan fingerprint density at radius 1 is 1.24 bits per heavy atom. The fraction of sp³-hybridized carbons (Fsp3) is 0.520. The van der Waals surface area contributed by atoms with Gasteiger partial charge in [-0.05, 0) is 38.3 Å². The number of fused-ring (bicyclic) bond motifs is 1. The first-order valence-electron chi connectivity index (χ1n) is 12.0. The van der Waals surface area contributed by atoms with Gasteiger partial charge in [-0.1, -0.05) is 32.3 Å². The second-order valence-corrected chi connectivity index (χ2v) is 9.30. The molecular formula is C25H33N5O4. The van der Waals surface area contributed by atoms with Crippen molar-refractivity contribution in [3.8, 4) is 5.75 Å². The van der Waals surface area contributed by atoms with Crippen molar-refractivity contribution in [2.45, 2.75) is 70.5 Å². The van der Waals surface area contributed by atoms with Crippen molar-refractivity contribution in [2.24, 2.45) is 0 Å². The molecule has 182 valence electrons. The molecular weight excluding hydrogens is 434 g/mol. The third kappa shape index (κ3) is 4.64. The minimum Gasteiger partial charge on any atom is -0.497 e. The van der Waals surface area contributed by atoms with Crippen LogP contribution >= 0.6 is 0 Å². The van der Waals surface area contributed by atoms with Gasteiger partial charge in [-0.3, -0.25) is 19.1 Å². The quantitative estimate of drug-likeness (QED) is 0.620. The minimum absolute atomic E-state index is 0.127. The number of hydrogen-bond acceptors (Lipinski definition) is 5. The molecule has 1 fully saturated rings. The Labute approximate surface area is 199 Å². The van der Waals surface area contributed by atoms with Gasteiger partial charge in [0, 0.05) is 30.4 Å². The van der Waals surface area contributed by atoms with Crippen molar-refractivity contribution in [3.05, 3.63) is 41.7 Å². The lowest BCUT2D eigenvalue weighted by atomic mass is 9.94. The lowest BCUT2D eigenvalue weighted by Crippen LogP contribution is -2.65. The Bertz CT molecular complexity index is 1080. The zero-order chi connectivity index (χ0) is 24.3. The number of carbonyl (C=O) groups excluding carboxylic acids is 3. The van der Waals surface area contributed by atoms with Gasteiger partial charge in [-0.15, -0.1) is 0 Å². The lowest BCUT2D eigenvalue weighted by Gasteiger charge is -2.43. The Kier molecular flexibility index (Phi) is 6.90. The molecule has 4 rings (SSSR count). The van der Waals surface area contributed by atoms with Gasteiger partial charge >= 0.3 is 0 Å². The highest BCUT2D eigenvalue weighted by Crippen LogP contribution is 2.29. The number of carbonyl (C=O) groups is 3. The molecule has 34 heavy (non-hydrogen) atoms. The molecule has 2 aromatic rings. The molecule has 2 aliphatic rings. The van der Waals surface area contributed by atoms with Crippen LogP contribution in [0.1, 0.15) is 73.3 Å². The summed E-state index contributed by atoms with van der Waals surface area (Å²) in [7, 11) is 1.56. The van der Waals surface area contributed by atoms with E-state index in [4.69, 9.17) is 4.74 Å². The van der Waals surface area contributed by atoms with Crippen LogP contribution in [0.4, 0.5) is 5.69 Å². The van der Waals surface area contributed by atoms with Crippen LogP contribution in [0.15, 0.2) is 30.3 Å². The van der Waals surface area contributed by atoms with Crippen LogP contribution in [0.2, 0.25) is 0 Å². The molecule has 1 aromatic carbocycles. The summed E-state index contributed by atoms with van der Waals surface area (Å²) < 4.78 is 6.70. The summed E-state index contributed by atoms with van der Waals surface area (Å²) in [6.45, 7) is 4.52. The standard InChI is InChI=1S/C25H33N5O4/c1-4-5-13-29-23(32)21-15-20(22(31)26-18-11-8-12-19(14-18)34-3)28-30(21)16-25(29,2)24(33)27-17-9-6-7-10-17/h8,11-12,14-15,17H,4-7,9-10,13,16H2,1-3H3,(H,26,31)(H,27,33)/t25-/m0/s1. The molecule has 1 aromatic heterocycles. The first-order valence-corrected chi connectivity index (χ1v) is 12.0. The number of aromatic nitrogens is 2. The SMILES string of the molecule is CCCCN1C(=O)c2cc(C(=O)Nc3cccc(OC)c3)nn2C[C@@]1(C)C(=O)NC1CCCC1. The predicted octanol–water partition coefficient (Wildman–Crippen LogP) is 3.22. The lowest BCUT2D eigenvalue weighted by molar-refractivity contribution is -0.133. The van der Waals surface area contributed by atoms with E-state index in [0.29, 0.717) is 23.7 Å². The molecule has 0 spiro atoms. The summed E-state index contributed by atoms with van der Waals surface area (Å²) in [4.78, 5) is 41.4. The molecule has 1 aliphatic heterocycles. The van der Waals surface area contributed by atoms with E-state index in [2.05, 4.69) is 22.7 Å². The highest BCUT2D eigenvalue weighted by Gasteiger charge is 2.48. The van der Waals surface area contributed by atoms with E-state index in [-0.39, 0.29) is 30.1 Å². The van der Waals surface area contributed by atoms with Gasteiger partial charge in [0.25, 0.3) is 11.8 Å². The summed E-state index contributed by atoms with van der Waals surface area (Å²) in [5.41, 5.74) is -0.0684. The van der Waals surface area contributed by atoms with E-state index in [0.717, 1.165) is 38.5 Å². The molecule has 1 atom stereocenters. The Morgan fingerprint density at radius 3 is 2.71 bits per heavy atom. The van der Waals surface area contributed by atoms with Crippen molar-refractivity contribution in [1.29, 1.82) is 0 Å². The maximum Gasteiger partial charge on any atom is 0.276 e. The van der Waals surface area contributed by atoms with Crippen molar-refractivity contribution in [2.75, 3.05) is 19.0 Å². The Morgan fingerprint density at radius 2 is 2.00 bits per heavy atom. The number of nitrogens with one attached hydrogen (secondary N) is 2. The molecule has 1 aliphatic carbocycles. The topological polar surface area (TPSA) is 106 Å². The van der Waals surface area contributed by atoms with E-state index in [1.54, 1.807) is 43.2 Å². The fourth-order valence-electron chi connectivity index (χ4n) is 4.73. The Hall–Kier alpha value is -3.36. The zero-order valence-corrected chi connectivity index (χ0v) is 20.1. The van der Waals surface area contributed by atoms with Crippen molar-refractivity contribution in [3.63, 3.8) is 0 Å². The molecule has 3 amide bonds. The molecule has 2 N–H and O–H groups in total. The van der Waals surface area contributed by atoms with Gasteiger partial charge in [0.2, 0.25) is 5.91 Å². The molecule has 0 radical (unpaired) electrons. The number of benzene rings is 1. The minimum atomic E-state index is -1.07. The molecule has 0 unspecified atom stereocenters. The molecule has 0 bridgehead atoms. The molecule has 9 heteroatoms. The van der Waals surface area contributed by atoms with E-state index in [9.17, 15) is 14.4 Å². The highest BCUT2D eigenvalue weighted by atomic mass is 16.5. The maximum absolute atomic E-state index is 13.5. The third-order valence-electron chi connectivity index (χ3n) is 6.77. The van der Waals surface area contributed by atoms with Crippen molar-refractivity contribution >= 4 is 23.4 Å². The van der Waals surface area contributed by atoms with Crippen LogP contribution in [0.5, 0.6) is 5.75 Å². The van der Waals surface area contributed by atoms with Crippen LogP contribution in [0.3, 0.4) is 0 Å². The first-order chi connectivity index (χ1) is 16.4. The average Bonchev–Trinajstić information content (AvgIpc) is 3.49. The number of methoxy groups -OCH3 is 1. The van der Waals surface area contributed by atoms with Crippen LogP contribution in [-0.2, 0) is 11.3 Å². The van der Waals surface area contributed by atoms with Crippen molar-refractivity contribution < 1.29 is 19.1 Å². The highest BCUT2D eigenvalue weighted by molar-refractivity contribution is 6.06. The molecule has 0 saturated heterocycles. The molecule has 1 saturated carbocycles. The van der Waals surface area contributed by atoms with Crippen LogP contribution in [0.25, 0.3) is 0 Å². The van der Waals surface area contributed by atoms with Crippen LogP contribution in [0, 0.1) is 0 Å². The van der Waals surface area contributed by atoms with Gasteiger partial charge in [-0.2, -0.15) is 5.10 Å². The number of nitrogens with zero attached hydrogens (tertiary/aromatic N) is 3. The van der Waals surface area contributed by atoms with E-state index < -0.39 is 11.4 Å². The van der Waals surface area contributed by atoms with E-state index in [1.807, 2.05) is 0 Å². The van der Waals surface area contributed by atoms with Gasteiger partial charge in [0.15, 0.2) is 5.69 Å². The van der Waals surface area contributed by atoms with Crippen LogP contribution < -0.4 is 15.4 Å². The Balaban J connectivity index is 1.59. The number of unbranched alkanes of at least 4 members (excludes halogenated alkanes) is 1. The summed E-state index contributed by atoms with van der Waals surface area (Å²) in [6, 6.07) is 8.66. The fourth-order valence-corrected chi connectivity index (χ4v) is 4.73. The summed E-state index contributed by atoms with van der Waals surface area (Å²) in [6.07, 6.45) is 5.83. The van der Waals surface area contributed by atoms with Gasteiger partial charge in [0.05, 0.1) is 13.7 Å². The summed E-state index contributed by atoms with van der Waals surface area (Å²) in [5.74, 6) is -0.253. The number of hydrogen-bond donors (Lipinski definition) is 2. The number of rotatable bonds is 8. The van der Waals surface area contributed by atoms with E-state index >= 15 is 0 Å². The summed E-state index contributed by atoms with van der Waals surface area (Å²) >= 11 is 0.